The first-order chi connectivity index (χ1) is 14.7. The average Bonchev–Trinajstić information content (AvgIpc) is 3.36. The largest absolute Gasteiger partial charge is 0.342 e. The molecule has 0 unspecified atom stereocenters. The second kappa shape index (κ2) is 7.76. The molecule has 2 amide bonds. The summed E-state index contributed by atoms with van der Waals surface area (Å²) in [5.41, 5.74) is 3.73. The molecule has 2 aromatic carbocycles. The van der Waals surface area contributed by atoms with Crippen molar-refractivity contribution in [3.63, 3.8) is 0 Å². The highest BCUT2D eigenvalue weighted by atomic mass is 32.1. The van der Waals surface area contributed by atoms with E-state index in [4.69, 9.17) is 0 Å². The van der Waals surface area contributed by atoms with Gasteiger partial charge in [-0.05, 0) is 66.8 Å². The van der Waals surface area contributed by atoms with E-state index < -0.39 is 0 Å². The Labute approximate surface area is 177 Å². The van der Waals surface area contributed by atoms with Crippen molar-refractivity contribution in [2.75, 3.05) is 10.6 Å². The monoisotopic (exact) mass is 416 g/mol. The summed E-state index contributed by atoms with van der Waals surface area (Å²) in [6.07, 6.45) is 3.64. The van der Waals surface area contributed by atoms with E-state index >= 15 is 0 Å². The first kappa shape index (κ1) is 18.6. The van der Waals surface area contributed by atoms with Crippen molar-refractivity contribution >= 4 is 45.6 Å². The quantitative estimate of drug-likeness (QED) is 0.407. The average molecular weight is 417 g/mol. The minimum absolute atomic E-state index is 0.156. The van der Waals surface area contributed by atoms with Gasteiger partial charge in [0.05, 0.1) is 15.9 Å². The molecule has 0 saturated heterocycles. The van der Waals surface area contributed by atoms with Gasteiger partial charge in [0.1, 0.15) is 5.82 Å². The summed E-state index contributed by atoms with van der Waals surface area (Å²) in [5, 5.41) is 7.62. The van der Waals surface area contributed by atoms with E-state index in [9.17, 15) is 9.59 Å². The van der Waals surface area contributed by atoms with E-state index in [-0.39, 0.29) is 11.8 Å². The predicted molar refractivity (Wildman–Crippen MR) is 119 cm³/mol. The van der Waals surface area contributed by atoms with Gasteiger partial charge in [0, 0.05) is 22.9 Å². The lowest BCUT2D eigenvalue weighted by molar-refractivity contribution is 0.102. The van der Waals surface area contributed by atoms with Crippen LogP contribution in [0.5, 0.6) is 0 Å². The molecule has 3 N–H and O–H groups in total. The fourth-order valence-corrected chi connectivity index (χ4v) is 4.11. The van der Waals surface area contributed by atoms with Gasteiger partial charge in [-0.15, -0.1) is 11.3 Å². The highest BCUT2D eigenvalue weighted by Gasteiger charge is 2.22. The number of carbonyl (C=O) groups excluding carboxylic acids is 2. The van der Waals surface area contributed by atoms with E-state index in [1.54, 1.807) is 30.3 Å². The number of benzene rings is 2. The number of anilines is 2. The van der Waals surface area contributed by atoms with Crippen molar-refractivity contribution in [2.24, 2.45) is 0 Å². The zero-order chi connectivity index (χ0) is 20.5. The van der Waals surface area contributed by atoms with Gasteiger partial charge in [0.25, 0.3) is 11.8 Å². The fraction of sp³-hybridized carbons (Fsp3) is 0.174. The summed E-state index contributed by atoms with van der Waals surface area (Å²) in [5.74, 6) is 1.22. The van der Waals surface area contributed by atoms with Crippen LogP contribution >= 0.6 is 11.3 Å². The standard InChI is InChI=1S/C23H20N4O2S/c28-22(15-6-8-16(9-7-15)24-23(29)20-5-2-12-30-20)25-17-10-11-18-19(13-17)27-21(26-18)14-3-1-4-14/h2,5-14H,1,3-4H2,(H,24,29)(H,25,28)(H,26,27). The third-order valence-corrected chi connectivity index (χ3v) is 6.27. The molecule has 1 fully saturated rings. The Hall–Kier alpha value is -3.45. The van der Waals surface area contributed by atoms with Gasteiger partial charge in [-0.25, -0.2) is 4.98 Å². The van der Waals surface area contributed by atoms with Gasteiger partial charge in [-0.3, -0.25) is 9.59 Å². The lowest BCUT2D eigenvalue weighted by Crippen LogP contribution is -2.13. The molecular formula is C23H20N4O2S. The number of imidazole rings is 1. The van der Waals surface area contributed by atoms with Crippen LogP contribution in [0, 0.1) is 0 Å². The van der Waals surface area contributed by atoms with Crippen LogP contribution in [0.1, 0.15) is 51.0 Å². The third-order valence-electron chi connectivity index (χ3n) is 5.40. The summed E-state index contributed by atoms with van der Waals surface area (Å²) >= 11 is 1.38. The van der Waals surface area contributed by atoms with Crippen molar-refractivity contribution in [1.29, 1.82) is 0 Å². The summed E-state index contributed by atoms with van der Waals surface area (Å²) in [6.45, 7) is 0. The van der Waals surface area contributed by atoms with Crippen molar-refractivity contribution in [2.45, 2.75) is 25.2 Å². The normalized spacial score (nSPS) is 13.7. The van der Waals surface area contributed by atoms with E-state index in [2.05, 4.69) is 20.6 Å². The molecule has 4 aromatic rings. The number of amides is 2. The van der Waals surface area contributed by atoms with Crippen LogP contribution in [0.4, 0.5) is 11.4 Å². The number of nitrogens with one attached hydrogen (secondary N) is 3. The first-order valence-corrected chi connectivity index (χ1v) is 10.8. The molecule has 0 aliphatic heterocycles. The van der Waals surface area contributed by atoms with Crippen LogP contribution in [-0.2, 0) is 0 Å². The SMILES string of the molecule is O=C(Nc1ccc2nc(C3CCC3)[nH]c2c1)c1ccc(NC(=O)c2cccs2)cc1. The molecule has 0 spiro atoms. The minimum Gasteiger partial charge on any atom is -0.342 e. The number of aromatic amines is 1. The van der Waals surface area contributed by atoms with Gasteiger partial charge >= 0.3 is 0 Å². The highest BCUT2D eigenvalue weighted by Crippen LogP contribution is 2.35. The first-order valence-electron chi connectivity index (χ1n) is 9.92. The Balaban J connectivity index is 1.26. The van der Waals surface area contributed by atoms with Gasteiger partial charge in [-0.2, -0.15) is 0 Å². The highest BCUT2D eigenvalue weighted by molar-refractivity contribution is 7.12. The molecule has 150 valence electrons. The van der Waals surface area contributed by atoms with E-state index in [0.29, 0.717) is 27.7 Å². The number of aromatic nitrogens is 2. The van der Waals surface area contributed by atoms with Crippen molar-refractivity contribution < 1.29 is 9.59 Å². The summed E-state index contributed by atoms with van der Waals surface area (Å²) in [6, 6.07) is 16.2. The van der Waals surface area contributed by atoms with Crippen LogP contribution in [0.15, 0.2) is 60.0 Å². The fourth-order valence-electron chi connectivity index (χ4n) is 3.49. The van der Waals surface area contributed by atoms with Crippen LogP contribution < -0.4 is 10.6 Å². The Kier molecular flexibility index (Phi) is 4.80. The summed E-state index contributed by atoms with van der Waals surface area (Å²) in [4.78, 5) is 33.4. The topological polar surface area (TPSA) is 86.9 Å². The molecule has 6 nitrogen and oxygen atoms in total. The maximum Gasteiger partial charge on any atom is 0.265 e. The molecule has 30 heavy (non-hydrogen) atoms. The smallest absolute Gasteiger partial charge is 0.265 e. The molecule has 1 aliphatic carbocycles. The lowest BCUT2D eigenvalue weighted by atomic mass is 9.85. The van der Waals surface area contributed by atoms with Crippen LogP contribution in [0.2, 0.25) is 0 Å². The molecule has 1 saturated carbocycles. The number of rotatable bonds is 5. The summed E-state index contributed by atoms with van der Waals surface area (Å²) < 4.78 is 0. The Morgan fingerprint density at radius 1 is 0.967 bits per heavy atom. The molecule has 2 heterocycles. The Bertz CT molecular complexity index is 1210. The van der Waals surface area contributed by atoms with Crippen molar-refractivity contribution in [3.05, 3.63) is 76.2 Å². The number of carbonyl (C=O) groups is 2. The van der Waals surface area contributed by atoms with Crippen LogP contribution in [0.3, 0.4) is 0 Å². The molecule has 0 bridgehead atoms. The Morgan fingerprint density at radius 3 is 2.43 bits per heavy atom. The molecule has 0 radical (unpaired) electrons. The molecule has 2 aromatic heterocycles. The predicted octanol–water partition coefficient (Wildman–Crippen LogP) is 5.40. The van der Waals surface area contributed by atoms with Crippen molar-refractivity contribution in [1.82, 2.24) is 9.97 Å². The van der Waals surface area contributed by atoms with Crippen LogP contribution in [-0.4, -0.2) is 21.8 Å². The number of fused-ring (bicyclic) bond motifs is 1. The van der Waals surface area contributed by atoms with Gasteiger partial charge in [0.2, 0.25) is 0 Å². The second-order valence-corrected chi connectivity index (χ2v) is 8.39. The summed E-state index contributed by atoms with van der Waals surface area (Å²) in [7, 11) is 0. The van der Waals surface area contributed by atoms with E-state index in [1.807, 2.05) is 29.6 Å². The van der Waals surface area contributed by atoms with E-state index in [1.165, 1.54) is 30.6 Å². The number of H-pyrrole nitrogens is 1. The molecule has 0 atom stereocenters. The number of thiophene rings is 1. The minimum atomic E-state index is -0.204. The molecule has 5 rings (SSSR count). The maximum atomic E-state index is 12.6. The second-order valence-electron chi connectivity index (χ2n) is 7.44. The lowest BCUT2D eigenvalue weighted by Gasteiger charge is -2.22. The van der Waals surface area contributed by atoms with E-state index in [0.717, 1.165) is 16.9 Å². The Morgan fingerprint density at radius 2 is 1.73 bits per heavy atom. The van der Waals surface area contributed by atoms with Gasteiger partial charge < -0.3 is 15.6 Å². The number of hydrogen-bond acceptors (Lipinski definition) is 4. The maximum absolute atomic E-state index is 12.6. The van der Waals surface area contributed by atoms with Gasteiger partial charge in [0.15, 0.2) is 0 Å². The zero-order valence-electron chi connectivity index (χ0n) is 16.1. The molecule has 7 heteroatoms. The number of nitrogens with zero attached hydrogens (tertiary/aromatic N) is 1. The van der Waals surface area contributed by atoms with Crippen LogP contribution in [0.25, 0.3) is 11.0 Å². The third kappa shape index (κ3) is 3.71. The molecular weight excluding hydrogens is 396 g/mol. The molecule has 1 aliphatic rings. The van der Waals surface area contributed by atoms with Crippen molar-refractivity contribution in [3.8, 4) is 0 Å². The number of hydrogen-bond donors (Lipinski definition) is 3. The van der Waals surface area contributed by atoms with Gasteiger partial charge in [-0.1, -0.05) is 12.5 Å². The zero-order valence-corrected chi connectivity index (χ0v) is 17.0.